The maximum atomic E-state index is 14.7. The average Bonchev–Trinajstić information content (AvgIpc) is 3.21. The Morgan fingerprint density at radius 2 is 1.95 bits per heavy atom. The Labute approximate surface area is 125 Å². The number of pyridine rings is 1. The Morgan fingerprint density at radius 3 is 2.52 bits per heavy atom. The summed E-state index contributed by atoms with van der Waals surface area (Å²) in [4.78, 5) is 3.66. The standard InChI is InChI=1S/C14H8BrF4NO/c15-10-2-1-5-20-12(10)14(18,19)13(7-21-13)9-4-3-8(16)6-11(9)17/h1-6H,7H2. The number of nitrogens with zero attached hydrogens (tertiary/aromatic N) is 1. The van der Waals surface area contributed by atoms with Crippen molar-refractivity contribution in [3.05, 3.63) is 63.9 Å². The number of hydrogen-bond donors (Lipinski definition) is 0. The smallest absolute Gasteiger partial charge is 0.325 e. The lowest BCUT2D eigenvalue weighted by molar-refractivity contribution is -0.0908. The molecule has 0 amide bonds. The van der Waals surface area contributed by atoms with Gasteiger partial charge in [0.25, 0.3) is 0 Å². The van der Waals surface area contributed by atoms with E-state index in [1.165, 1.54) is 18.3 Å². The summed E-state index contributed by atoms with van der Waals surface area (Å²) in [6.07, 6.45) is 1.21. The van der Waals surface area contributed by atoms with Gasteiger partial charge in [-0.15, -0.1) is 0 Å². The van der Waals surface area contributed by atoms with Crippen LogP contribution in [0.2, 0.25) is 0 Å². The van der Waals surface area contributed by atoms with Gasteiger partial charge in [0.2, 0.25) is 0 Å². The van der Waals surface area contributed by atoms with Crippen molar-refractivity contribution in [3.8, 4) is 0 Å². The number of halogens is 5. The van der Waals surface area contributed by atoms with Crippen LogP contribution in [0.25, 0.3) is 0 Å². The molecule has 1 atom stereocenters. The summed E-state index contributed by atoms with van der Waals surface area (Å²) in [6, 6.07) is 5.35. The largest absolute Gasteiger partial charge is 0.357 e. The van der Waals surface area contributed by atoms with Crippen LogP contribution in [0.3, 0.4) is 0 Å². The first kappa shape index (κ1) is 14.5. The summed E-state index contributed by atoms with van der Waals surface area (Å²) in [6.45, 7) is -0.369. The molecule has 0 spiro atoms. The van der Waals surface area contributed by atoms with E-state index in [1.807, 2.05) is 0 Å². The van der Waals surface area contributed by atoms with E-state index in [2.05, 4.69) is 20.9 Å². The summed E-state index contributed by atoms with van der Waals surface area (Å²) >= 11 is 3.00. The molecule has 1 fully saturated rings. The number of alkyl halides is 2. The van der Waals surface area contributed by atoms with E-state index in [9.17, 15) is 17.6 Å². The van der Waals surface area contributed by atoms with E-state index in [-0.39, 0.29) is 16.6 Å². The Morgan fingerprint density at radius 1 is 1.24 bits per heavy atom. The molecule has 21 heavy (non-hydrogen) atoms. The van der Waals surface area contributed by atoms with Gasteiger partial charge in [-0.1, -0.05) is 0 Å². The minimum atomic E-state index is -3.56. The highest BCUT2D eigenvalue weighted by Crippen LogP contribution is 2.57. The number of hydrogen-bond acceptors (Lipinski definition) is 2. The monoisotopic (exact) mass is 361 g/mol. The van der Waals surface area contributed by atoms with Crippen molar-refractivity contribution >= 4 is 15.9 Å². The van der Waals surface area contributed by atoms with E-state index < -0.39 is 28.9 Å². The lowest BCUT2D eigenvalue weighted by Crippen LogP contribution is -2.34. The van der Waals surface area contributed by atoms with Gasteiger partial charge in [-0.25, -0.2) is 8.78 Å². The summed E-state index contributed by atoms with van der Waals surface area (Å²) in [5.74, 6) is -5.47. The van der Waals surface area contributed by atoms with Crippen LogP contribution in [0.4, 0.5) is 17.6 Å². The first-order chi connectivity index (χ1) is 9.88. The molecule has 0 N–H and O–H groups in total. The molecule has 7 heteroatoms. The number of rotatable bonds is 3. The van der Waals surface area contributed by atoms with Gasteiger partial charge in [0.15, 0.2) is 5.60 Å². The van der Waals surface area contributed by atoms with Gasteiger partial charge in [0.05, 0.1) is 6.61 Å². The zero-order chi connectivity index (χ0) is 15.3. The van der Waals surface area contributed by atoms with Crippen LogP contribution in [0.15, 0.2) is 41.0 Å². The third kappa shape index (κ3) is 2.15. The van der Waals surface area contributed by atoms with Crippen LogP contribution in [0, 0.1) is 11.6 Å². The quantitative estimate of drug-likeness (QED) is 0.606. The molecule has 2 heterocycles. The molecule has 1 saturated heterocycles. The van der Waals surface area contributed by atoms with Gasteiger partial charge >= 0.3 is 5.92 Å². The topological polar surface area (TPSA) is 25.4 Å². The molecule has 1 aromatic carbocycles. The van der Waals surface area contributed by atoms with Crippen molar-refractivity contribution in [1.29, 1.82) is 0 Å². The maximum Gasteiger partial charge on any atom is 0.325 e. The fourth-order valence-electron chi connectivity index (χ4n) is 2.20. The summed E-state index contributed by atoms with van der Waals surface area (Å²) in [5, 5.41) is 0. The highest BCUT2D eigenvalue weighted by molar-refractivity contribution is 9.10. The first-order valence-electron chi connectivity index (χ1n) is 5.97. The number of benzene rings is 1. The molecule has 0 aliphatic carbocycles. The van der Waals surface area contributed by atoms with E-state index >= 15 is 0 Å². The molecular formula is C14H8BrF4NO. The molecule has 1 aromatic heterocycles. The van der Waals surface area contributed by atoms with Crippen molar-refractivity contribution < 1.29 is 22.3 Å². The van der Waals surface area contributed by atoms with Crippen molar-refractivity contribution in [2.24, 2.45) is 0 Å². The van der Waals surface area contributed by atoms with E-state index in [4.69, 9.17) is 4.74 Å². The fraction of sp³-hybridized carbons (Fsp3) is 0.214. The summed E-state index contributed by atoms with van der Waals surface area (Å²) in [5.41, 5.74) is -3.08. The van der Waals surface area contributed by atoms with Crippen LogP contribution in [0.1, 0.15) is 11.3 Å². The van der Waals surface area contributed by atoms with Crippen LogP contribution >= 0.6 is 15.9 Å². The van der Waals surface area contributed by atoms with Gasteiger partial charge in [0, 0.05) is 22.3 Å². The SMILES string of the molecule is Fc1ccc(C2(C(F)(F)c3ncccc3Br)CO2)c(F)c1. The minimum absolute atomic E-state index is 0.0902. The average molecular weight is 362 g/mol. The molecule has 2 nitrogen and oxygen atoms in total. The van der Waals surface area contributed by atoms with Crippen LogP contribution in [0.5, 0.6) is 0 Å². The lowest BCUT2D eigenvalue weighted by atomic mass is 9.90. The first-order valence-corrected chi connectivity index (χ1v) is 6.76. The van der Waals surface area contributed by atoms with Gasteiger partial charge < -0.3 is 4.74 Å². The second kappa shape index (κ2) is 4.78. The number of epoxide rings is 1. The molecular weight excluding hydrogens is 354 g/mol. The zero-order valence-corrected chi connectivity index (χ0v) is 12.0. The number of ether oxygens (including phenoxy) is 1. The maximum absolute atomic E-state index is 14.7. The van der Waals surface area contributed by atoms with Crippen LogP contribution in [-0.4, -0.2) is 11.6 Å². The molecule has 0 saturated carbocycles. The van der Waals surface area contributed by atoms with E-state index in [1.54, 1.807) is 0 Å². The molecule has 0 bridgehead atoms. The Hall–Kier alpha value is -1.47. The second-order valence-corrected chi connectivity index (χ2v) is 5.50. The number of aromatic nitrogens is 1. The molecule has 1 aliphatic heterocycles. The third-order valence-electron chi connectivity index (χ3n) is 3.36. The van der Waals surface area contributed by atoms with E-state index in [0.717, 1.165) is 12.1 Å². The van der Waals surface area contributed by atoms with Gasteiger partial charge in [0.1, 0.15) is 17.3 Å². The van der Waals surface area contributed by atoms with Crippen LogP contribution < -0.4 is 0 Å². The molecule has 110 valence electrons. The molecule has 0 radical (unpaired) electrons. The highest BCUT2D eigenvalue weighted by Gasteiger charge is 2.68. The Bertz CT molecular complexity index is 703. The molecule has 1 unspecified atom stereocenters. The lowest BCUT2D eigenvalue weighted by Gasteiger charge is -2.24. The zero-order valence-electron chi connectivity index (χ0n) is 10.4. The molecule has 3 rings (SSSR count). The fourth-order valence-corrected chi connectivity index (χ4v) is 2.71. The van der Waals surface area contributed by atoms with Crippen LogP contribution in [-0.2, 0) is 16.3 Å². The molecule has 2 aromatic rings. The van der Waals surface area contributed by atoms with Crippen molar-refractivity contribution in [2.45, 2.75) is 11.5 Å². The minimum Gasteiger partial charge on any atom is -0.357 e. The highest BCUT2D eigenvalue weighted by atomic mass is 79.9. The predicted octanol–water partition coefficient (Wildman–Crippen LogP) is 4.14. The summed E-state index contributed by atoms with van der Waals surface area (Å²) < 4.78 is 61.3. The van der Waals surface area contributed by atoms with Crippen molar-refractivity contribution in [3.63, 3.8) is 0 Å². The van der Waals surface area contributed by atoms with Gasteiger partial charge in [-0.3, -0.25) is 4.98 Å². The van der Waals surface area contributed by atoms with Gasteiger partial charge in [-0.2, -0.15) is 8.78 Å². The van der Waals surface area contributed by atoms with E-state index in [0.29, 0.717) is 6.07 Å². The summed E-state index contributed by atoms with van der Waals surface area (Å²) in [7, 11) is 0. The Balaban J connectivity index is 2.12. The molecule has 1 aliphatic rings. The van der Waals surface area contributed by atoms with Crippen molar-refractivity contribution in [1.82, 2.24) is 4.98 Å². The normalized spacial score (nSPS) is 21.4. The second-order valence-electron chi connectivity index (χ2n) is 4.65. The predicted molar refractivity (Wildman–Crippen MR) is 69.8 cm³/mol. The van der Waals surface area contributed by atoms with Gasteiger partial charge in [-0.05, 0) is 40.2 Å². The third-order valence-corrected chi connectivity index (χ3v) is 4.00. The Kier molecular flexibility index (Phi) is 3.29. The van der Waals surface area contributed by atoms with Crippen molar-refractivity contribution in [2.75, 3.05) is 6.61 Å².